The van der Waals surface area contributed by atoms with Crippen molar-refractivity contribution < 1.29 is 28.5 Å². The van der Waals surface area contributed by atoms with E-state index in [0.717, 1.165) is 18.5 Å². The fraction of sp³-hybridized carbons (Fsp3) is 0.455. The lowest BCUT2D eigenvalue weighted by Crippen LogP contribution is -2.34. The molecule has 0 radical (unpaired) electrons. The van der Waals surface area contributed by atoms with Gasteiger partial charge in [-0.1, -0.05) is 0 Å². The number of carbonyl (C=O) groups is 2. The highest BCUT2D eigenvalue weighted by Crippen LogP contribution is 2.46. The van der Waals surface area contributed by atoms with Crippen LogP contribution in [0.2, 0.25) is 0 Å². The molecule has 1 aliphatic heterocycles. The zero-order valence-corrected chi connectivity index (χ0v) is 17.3. The van der Waals surface area contributed by atoms with Crippen molar-refractivity contribution in [3.05, 3.63) is 46.3 Å². The Morgan fingerprint density at radius 1 is 1.14 bits per heavy atom. The molecule has 1 heterocycles. The molecule has 3 rings (SSSR count). The van der Waals surface area contributed by atoms with E-state index < -0.39 is 11.9 Å². The predicted molar refractivity (Wildman–Crippen MR) is 107 cm³/mol. The highest BCUT2D eigenvalue weighted by molar-refractivity contribution is 6.04. The van der Waals surface area contributed by atoms with Gasteiger partial charge in [0.1, 0.15) is 18.1 Å². The molecule has 1 aliphatic carbocycles. The van der Waals surface area contributed by atoms with Gasteiger partial charge in [0.25, 0.3) is 0 Å². The number of rotatable bonds is 7. The highest BCUT2D eigenvalue weighted by Gasteiger charge is 2.40. The van der Waals surface area contributed by atoms with Gasteiger partial charge < -0.3 is 24.3 Å². The summed E-state index contributed by atoms with van der Waals surface area (Å²) in [7, 11) is 4.69. The van der Waals surface area contributed by atoms with Gasteiger partial charge in [-0.2, -0.15) is 0 Å². The molecule has 1 aromatic rings. The molecule has 1 atom stereocenters. The number of ether oxygens (including phenoxy) is 4. The van der Waals surface area contributed by atoms with Crippen molar-refractivity contribution in [1.29, 1.82) is 0 Å². The first-order valence-electron chi connectivity index (χ1n) is 9.63. The van der Waals surface area contributed by atoms with E-state index in [1.54, 1.807) is 33.5 Å². The van der Waals surface area contributed by atoms with Crippen molar-refractivity contribution in [3.8, 4) is 11.5 Å². The van der Waals surface area contributed by atoms with Gasteiger partial charge in [0.15, 0.2) is 5.78 Å². The molecule has 0 bridgehead atoms. The fourth-order valence-electron chi connectivity index (χ4n) is 3.93. The molecule has 156 valence electrons. The molecule has 1 unspecified atom stereocenters. The largest absolute Gasteiger partial charge is 0.497 e. The SMILES string of the molecule is COCCOC(=O)C1=C(C)NC2=C(C(=O)CCC2)C1c1cc(OC)ccc1OC. The smallest absolute Gasteiger partial charge is 0.336 e. The van der Waals surface area contributed by atoms with Crippen molar-refractivity contribution in [3.63, 3.8) is 0 Å². The van der Waals surface area contributed by atoms with Crippen molar-refractivity contribution in [2.75, 3.05) is 34.5 Å². The first kappa shape index (κ1) is 20.9. The maximum atomic E-state index is 13.0. The average Bonchev–Trinajstić information content (AvgIpc) is 2.72. The Morgan fingerprint density at radius 2 is 1.93 bits per heavy atom. The number of methoxy groups -OCH3 is 3. The van der Waals surface area contributed by atoms with Gasteiger partial charge in [0, 0.05) is 36.1 Å². The minimum atomic E-state index is -0.584. The second-order valence-corrected chi connectivity index (χ2v) is 7.00. The molecule has 1 N–H and O–H groups in total. The van der Waals surface area contributed by atoms with E-state index in [4.69, 9.17) is 18.9 Å². The van der Waals surface area contributed by atoms with Gasteiger partial charge in [-0.05, 0) is 38.0 Å². The fourth-order valence-corrected chi connectivity index (χ4v) is 3.93. The topological polar surface area (TPSA) is 83.1 Å². The third-order valence-electron chi connectivity index (χ3n) is 5.26. The van der Waals surface area contributed by atoms with Crippen LogP contribution in [0.5, 0.6) is 11.5 Å². The lowest BCUT2D eigenvalue weighted by Gasteiger charge is -2.34. The minimum Gasteiger partial charge on any atom is -0.497 e. The molecule has 7 nitrogen and oxygen atoms in total. The molecular formula is C22H27NO6. The quantitative estimate of drug-likeness (QED) is 0.556. The molecule has 0 fully saturated rings. The summed E-state index contributed by atoms with van der Waals surface area (Å²) in [6.07, 6.45) is 2.00. The van der Waals surface area contributed by atoms with E-state index in [2.05, 4.69) is 5.32 Å². The number of dihydropyridines is 1. The molecule has 1 aromatic carbocycles. The van der Waals surface area contributed by atoms with E-state index in [-0.39, 0.29) is 12.4 Å². The van der Waals surface area contributed by atoms with E-state index in [0.29, 0.717) is 46.9 Å². The Labute approximate surface area is 170 Å². The second kappa shape index (κ2) is 9.13. The maximum absolute atomic E-state index is 13.0. The molecular weight excluding hydrogens is 374 g/mol. The van der Waals surface area contributed by atoms with Crippen LogP contribution in [0, 0.1) is 0 Å². The number of hydrogen-bond acceptors (Lipinski definition) is 7. The van der Waals surface area contributed by atoms with Crippen molar-refractivity contribution in [1.82, 2.24) is 5.32 Å². The lowest BCUT2D eigenvalue weighted by molar-refractivity contribution is -0.140. The summed E-state index contributed by atoms with van der Waals surface area (Å²) < 4.78 is 21.4. The summed E-state index contributed by atoms with van der Waals surface area (Å²) in [5.41, 5.74) is 3.25. The average molecular weight is 401 g/mol. The van der Waals surface area contributed by atoms with Gasteiger partial charge in [-0.15, -0.1) is 0 Å². The zero-order chi connectivity index (χ0) is 21.0. The van der Waals surface area contributed by atoms with E-state index in [9.17, 15) is 9.59 Å². The van der Waals surface area contributed by atoms with Gasteiger partial charge >= 0.3 is 5.97 Å². The lowest BCUT2D eigenvalue weighted by atomic mass is 9.75. The summed E-state index contributed by atoms with van der Waals surface area (Å²) in [5.74, 6) is 0.168. The van der Waals surface area contributed by atoms with Crippen LogP contribution in [0.15, 0.2) is 40.7 Å². The number of Topliss-reactive ketones (excluding diaryl/α,β-unsaturated/α-hetero) is 1. The van der Waals surface area contributed by atoms with Crippen LogP contribution >= 0.6 is 0 Å². The Morgan fingerprint density at radius 3 is 2.62 bits per heavy atom. The molecule has 7 heteroatoms. The molecule has 2 aliphatic rings. The summed E-state index contributed by atoms with van der Waals surface area (Å²) in [6.45, 7) is 2.26. The Bertz CT molecular complexity index is 870. The van der Waals surface area contributed by atoms with Crippen LogP contribution in [0.1, 0.15) is 37.7 Å². The van der Waals surface area contributed by atoms with E-state index >= 15 is 0 Å². The zero-order valence-electron chi connectivity index (χ0n) is 17.3. The third kappa shape index (κ3) is 4.15. The number of esters is 1. The second-order valence-electron chi connectivity index (χ2n) is 7.00. The van der Waals surface area contributed by atoms with Crippen LogP contribution in [-0.4, -0.2) is 46.3 Å². The number of ketones is 1. The van der Waals surface area contributed by atoms with Crippen molar-refractivity contribution >= 4 is 11.8 Å². The van der Waals surface area contributed by atoms with Crippen molar-refractivity contribution in [2.24, 2.45) is 0 Å². The molecule has 29 heavy (non-hydrogen) atoms. The van der Waals surface area contributed by atoms with Crippen LogP contribution in [0.4, 0.5) is 0 Å². The number of nitrogens with one attached hydrogen (secondary N) is 1. The molecule has 0 saturated heterocycles. The first-order chi connectivity index (χ1) is 14.0. The summed E-state index contributed by atoms with van der Waals surface area (Å²) in [4.78, 5) is 26.0. The molecule has 0 saturated carbocycles. The van der Waals surface area contributed by atoms with Crippen LogP contribution in [0.3, 0.4) is 0 Å². The number of hydrogen-bond donors (Lipinski definition) is 1. The predicted octanol–water partition coefficient (Wildman–Crippen LogP) is 2.86. The van der Waals surface area contributed by atoms with Crippen LogP contribution < -0.4 is 14.8 Å². The monoisotopic (exact) mass is 401 g/mol. The molecule has 0 aromatic heterocycles. The normalized spacial score (nSPS) is 18.9. The van der Waals surface area contributed by atoms with Gasteiger partial charge in [0.05, 0.1) is 32.3 Å². The van der Waals surface area contributed by atoms with Gasteiger partial charge in [0.2, 0.25) is 0 Å². The standard InChI is InChI=1S/C22H27NO6/c1-13-19(22(25)29-11-10-26-2)20(21-16(23-13)6-5-7-17(21)24)15-12-14(27-3)8-9-18(15)28-4/h8-9,12,20,23H,5-7,10-11H2,1-4H3. The molecule has 0 amide bonds. The maximum Gasteiger partial charge on any atom is 0.336 e. The Hall–Kier alpha value is -2.80. The van der Waals surface area contributed by atoms with E-state index in [1.165, 1.54) is 0 Å². The summed E-state index contributed by atoms with van der Waals surface area (Å²) in [5, 5.41) is 3.27. The number of carbonyl (C=O) groups excluding carboxylic acids is 2. The molecule has 0 spiro atoms. The Kier molecular flexibility index (Phi) is 6.59. The Balaban J connectivity index is 2.15. The van der Waals surface area contributed by atoms with Crippen LogP contribution in [-0.2, 0) is 19.1 Å². The van der Waals surface area contributed by atoms with Crippen molar-refractivity contribution in [2.45, 2.75) is 32.1 Å². The minimum absolute atomic E-state index is 0.0308. The van der Waals surface area contributed by atoms with Crippen LogP contribution in [0.25, 0.3) is 0 Å². The summed E-state index contributed by atoms with van der Waals surface area (Å²) in [6, 6.07) is 5.39. The summed E-state index contributed by atoms with van der Waals surface area (Å²) >= 11 is 0. The highest BCUT2D eigenvalue weighted by atomic mass is 16.6. The van der Waals surface area contributed by atoms with Gasteiger partial charge in [-0.3, -0.25) is 4.79 Å². The third-order valence-corrected chi connectivity index (χ3v) is 5.26. The first-order valence-corrected chi connectivity index (χ1v) is 9.63. The number of allylic oxidation sites excluding steroid dienone is 3. The number of benzene rings is 1. The van der Waals surface area contributed by atoms with Gasteiger partial charge in [-0.25, -0.2) is 4.79 Å². The van der Waals surface area contributed by atoms with E-state index in [1.807, 2.05) is 13.0 Å².